The van der Waals surface area contributed by atoms with Gasteiger partial charge in [-0.1, -0.05) is 50.1 Å². The van der Waals surface area contributed by atoms with Crippen molar-refractivity contribution >= 4 is 17.0 Å². The lowest BCUT2D eigenvalue weighted by molar-refractivity contribution is 0.479. The Morgan fingerprint density at radius 2 is 2.11 bits per heavy atom. The van der Waals surface area contributed by atoms with Crippen LogP contribution in [0.1, 0.15) is 38.2 Å². The number of nitrogens with zero attached hydrogens (tertiary/aromatic N) is 1. The van der Waals surface area contributed by atoms with Gasteiger partial charge < -0.3 is 5.11 Å². The largest absolute Gasteiger partial charge is 0.505 e. The second kappa shape index (κ2) is 6.20. The minimum atomic E-state index is 0.278. The molecule has 94 valence electrons. The first-order valence-corrected chi connectivity index (χ1v) is 6.56. The van der Waals surface area contributed by atoms with Crippen molar-refractivity contribution in [3.05, 3.63) is 42.1 Å². The number of rotatable bonds is 5. The van der Waals surface area contributed by atoms with Crippen LogP contribution in [0.2, 0.25) is 0 Å². The standard InChI is InChI=1S/C16H19NO/c1-2-3-4-5-6-8-14-11-10-13-9-7-12-17-15(13)16(14)18/h6-12,18H,2-5H2,1H3. The van der Waals surface area contributed by atoms with Crippen molar-refractivity contribution in [2.75, 3.05) is 0 Å². The van der Waals surface area contributed by atoms with Gasteiger partial charge in [0, 0.05) is 17.1 Å². The minimum absolute atomic E-state index is 0.278. The van der Waals surface area contributed by atoms with Gasteiger partial charge in [-0.2, -0.15) is 0 Å². The fourth-order valence-electron chi connectivity index (χ4n) is 2.00. The third-order valence-electron chi connectivity index (χ3n) is 3.05. The van der Waals surface area contributed by atoms with Crippen LogP contribution in [0.15, 0.2) is 36.5 Å². The Balaban J connectivity index is 2.16. The molecule has 0 aliphatic rings. The van der Waals surface area contributed by atoms with Crippen LogP contribution in [0.4, 0.5) is 0 Å². The smallest absolute Gasteiger partial charge is 0.148 e. The average Bonchev–Trinajstić information content (AvgIpc) is 2.41. The fourth-order valence-corrected chi connectivity index (χ4v) is 2.00. The second-order valence-electron chi connectivity index (χ2n) is 4.48. The molecule has 1 aromatic carbocycles. The predicted molar refractivity (Wildman–Crippen MR) is 76.6 cm³/mol. The maximum absolute atomic E-state index is 10.1. The van der Waals surface area contributed by atoms with Gasteiger partial charge in [-0.15, -0.1) is 0 Å². The Labute approximate surface area is 108 Å². The number of hydrogen-bond donors (Lipinski definition) is 1. The molecule has 0 atom stereocenters. The lowest BCUT2D eigenvalue weighted by Gasteiger charge is -2.03. The zero-order chi connectivity index (χ0) is 12.8. The maximum atomic E-state index is 10.1. The Morgan fingerprint density at radius 1 is 1.22 bits per heavy atom. The Kier molecular flexibility index (Phi) is 4.35. The second-order valence-corrected chi connectivity index (χ2v) is 4.48. The van der Waals surface area contributed by atoms with Gasteiger partial charge >= 0.3 is 0 Å². The van der Waals surface area contributed by atoms with E-state index in [0.29, 0.717) is 5.52 Å². The molecule has 2 aromatic rings. The van der Waals surface area contributed by atoms with E-state index in [2.05, 4.69) is 18.0 Å². The molecule has 0 aliphatic heterocycles. The Bertz CT molecular complexity index is 546. The van der Waals surface area contributed by atoms with Gasteiger partial charge in [0.25, 0.3) is 0 Å². The van der Waals surface area contributed by atoms with E-state index in [9.17, 15) is 5.11 Å². The predicted octanol–water partition coefficient (Wildman–Crippen LogP) is 4.53. The van der Waals surface area contributed by atoms with Crippen LogP contribution in [-0.2, 0) is 0 Å². The number of phenols is 1. The Hall–Kier alpha value is -1.83. The summed E-state index contributed by atoms with van der Waals surface area (Å²) in [6.07, 6.45) is 10.6. The van der Waals surface area contributed by atoms with Crippen LogP contribution < -0.4 is 0 Å². The summed E-state index contributed by atoms with van der Waals surface area (Å²) in [5.41, 5.74) is 1.52. The fraction of sp³-hybridized carbons (Fsp3) is 0.312. The lowest BCUT2D eigenvalue weighted by Crippen LogP contribution is -1.82. The molecule has 0 radical (unpaired) electrons. The summed E-state index contributed by atoms with van der Waals surface area (Å²) in [5.74, 6) is 0.278. The maximum Gasteiger partial charge on any atom is 0.148 e. The molecule has 0 unspecified atom stereocenters. The van der Waals surface area contributed by atoms with Gasteiger partial charge in [0.2, 0.25) is 0 Å². The molecule has 2 heteroatoms. The first-order valence-electron chi connectivity index (χ1n) is 6.56. The summed E-state index contributed by atoms with van der Waals surface area (Å²) < 4.78 is 0. The van der Waals surface area contributed by atoms with Crippen molar-refractivity contribution in [3.63, 3.8) is 0 Å². The van der Waals surface area contributed by atoms with Crippen LogP contribution in [-0.4, -0.2) is 10.1 Å². The summed E-state index contributed by atoms with van der Waals surface area (Å²) in [4.78, 5) is 4.22. The van der Waals surface area contributed by atoms with Crippen LogP contribution in [0.3, 0.4) is 0 Å². The molecule has 1 heterocycles. The van der Waals surface area contributed by atoms with E-state index in [1.807, 2.05) is 30.3 Å². The number of benzene rings is 1. The number of fused-ring (bicyclic) bond motifs is 1. The molecule has 18 heavy (non-hydrogen) atoms. The molecule has 2 nitrogen and oxygen atoms in total. The first-order chi connectivity index (χ1) is 8.83. The quantitative estimate of drug-likeness (QED) is 0.780. The molecule has 0 saturated carbocycles. The van der Waals surface area contributed by atoms with E-state index in [1.54, 1.807) is 6.20 Å². The number of unbranched alkanes of at least 4 members (excludes halogenated alkanes) is 3. The molecule has 1 N–H and O–H groups in total. The molecule has 0 fully saturated rings. The van der Waals surface area contributed by atoms with Crippen LogP contribution in [0.5, 0.6) is 5.75 Å². The monoisotopic (exact) mass is 241 g/mol. The number of allylic oxidation sites excluding steroid dienone is 1. The number of phenolic OH excluding ortho intramolecular Hbond substituents is 1. The SMILES string of the molecule is CCCCCC=Cc1ccc2cccnc2c1O. The molecule has 1 aromatic heterocycles. The Morgan fingerprint density at radius 3 is 2.94 bits per heavy atom. The van der Waals surface area contributed by atoms with E-state index < -0.39 is 0 Å². The van der Waals surface area contributed by atoms with E-state index in [-0.39, 0.29) is 5.75 Å². The highest BCUT2D eigenvalue weighted by molar-refractivity contribution is 5.87. The first kappa shape index (κ1) is 12.6. The number of aromatic nitrogens is 1. The molecular weight excluding hydrogens is 222 g/mol. The van der Waals surface area contributed by atoms with Crippen LogP contribution in [0.25, 0.3) is 17.0 Å². The normalized spacial score (nSPS) is 11.4. The molecular formula is C16H19NO. The van der Waals surface area contributed by atoms with Crippen molar-refractivity contribution in [1.82, 2.24) is 4.98 Å². The zero-order valence-electron chi connectivity index (χ0n) is 10.8. The van der Waals surface area contributed by atoms with Crippen molar-refractivity contribution < 1.29 is 5.11 Å². The highest BCUT2D eigenvalue weighted by Gasteiger charge is 2.04. The summed E-state index contributed by atoms with van der Waals surface area (Å²) in [7, 11) is 0. The van der Waals surface area contributed by atoms with Crippen molar-refractivity contribution in [2.24, 2.45) is 0 Å². The van der Waals surface area contributed by atoms with E-state index in [1.165, 1.54) is 19.3 Å². The van der Waals surface area contributed by atoms with Gasteiger partial charge in [0.1, 0.15) is 11.3 Å². The van der Waals surface area contributed by atoms with Gasteiger partial charge in [-0.25, -0.2) is 0 Å². The number of aromatic hydroxyl groups is 1. The third kappa shape index (κ3) is 2.89. The molecule has 0 spiro atoms. The van der Waals surface area contributed by atoms with Gasteiger partial charge in [-0.3, -0.25) is 4.98 Å². The molecule has 0 saturated heterocycles. The van der Waals surface area contributed by atoms with Crippen LogP contribution >= 0.6 is 0 Å². The summed E-state index contributed by atoms with van der Waals surface area (Å²) in [5, 5.41) is 11.1. The highest BCUT2D eigenvalue weighted by Crippen LogP contribution is 2.27. The van der Waals surface area contributed by atoms with E-state index in [0.717, 1.165) is 17.4 Å². The van der Waals surface area contributed by atoms with Crippen molar-refractivity contribution in [1.29, 1.82) is 0 Å². The molecule has 2 rings (SSSR count). The lowest BCUT2D eigenvalue weighted by atomic mass is 10.1. The van der Waals surface area contributed by atoms with Crippen molar-refractivity contribution in [3.8, 4) is 5.75 Å². The highest BCUT2D eigenvalue weighted by atomic mass is 16.3. The van der Waals surface area contributed by atoms with Gasteiger partial charge in [-0.05, 0) is 18.9 Å². The number of hydrogen-bond acceptors (Lipinski definition) is 2. The number of pyridine rings is 1. The van der Waals surface area contributed by atoms with E-state index in [4.69, 9.17) is 0 Å². The summed E-state index contributed by atoms with van der Waals surface area (Å²) in [6.45, 7) is 2.20. The zero-order valence-corrected chi connectivity index (χ0v) is 10.8. The summed E-state index contributed by atoms with van der Waals surface area (Å²) >= 11 is 0. The van der Waals surface area contributed by atoms with Gasteiger partial charge in [0.05, 0.1) is 0 Å². The topological polar surface area (TPSA) is 33.1 Å². The van der Waals surface area contributed by atoms with Crippen molar-refractivity contribution in [2.45, 2.75) is 32.6 Å². The van der Waals surface area contributed by atoms with Gasteiger partial charge in [0.15, 0.2) is 0 Å². The molecule has 0 bridgehead atoms. The minimum Gasteiger partial charge on any atom is -0.505 e. The summed E-state index contributed by atoms with van der Waals surface area (Å²) in [6, 6.07) is 7.77. The van der Waals surface area contributed by atoms with Crippen LogP contribution in [0, 0.1) is 0 Å². The molecule has 0 aliphatic carbocycles. The van der Waals surface area contributed by atoms with E-state index >= 15 is 0 Å². The average molecular weight is 241 g/mol. The third-order valence-corrected chi connectivity index (χ3v) is 3.05. The molecule has 0 amide bonds.